The van der Waals surface area contributed by atoms with Crippen molar-refractivity contribution in [3.05, 3.63) is 46.2 Å². The van der Waals surface area contributed by atoms with Crippen LogP contribution in [0.1, 0.15) is 17.0 Å². The molecule has 5 heteroatoms. The number of nitrogens with zero attached hydrogens (tertiary/aromatic N) is 2. The van der Waals surface area contributed by atoms with Crippen LogP contribution >= 0.6 is 11.6 Å². The monoisotopic (exact) mass is 289 g/mol. The second-order valence-corrected chi connectivity index (χ2v) is 4.92. The average Bonchev–Trinajstić information content (AvgIpc) is 2.72. The van der Waals surface area contributed by atoms with Gasteiger partial charge in [0.1, 0.15) is 17.5 Å². The summed E-state index contributed by atoms with van der Waals surface area (Å²) in [6.07, 6.45) is 0. The molecule has 0 bridgehead atoms. The van der Waals surface area contributed by atoms with Crippen LogP contribution in [0.3, 0.4) is 0 Å². The van der Waals surface area contributed by atoms with Crippen molar-refractivity contribution in [1.29, 1.82) is 5.26 Å². The predicted molar refractivity (Wildman–Crippen MR) is 80.2 cm³/mol. The lowest BCUT2D eigenvalue weighted by atomic mass is 10.2. The average molecular weight is 290 g/mol. The molecule has 0 saturated carbocycles. The summed E-state index contributed by atoms with van der Waals surface area (Å²) >= 11 is 6.08. The predicted octanol–water partition coefficient (Wildman–Crippen LogP) is 3.48. The molecule has 1 aromatic carbocycles. The molecule has 0 unspecified atom stereocenters. The van der Waals surface area contributed by atoms with Crippen LogP contribution < -0.4 is 10.1 Å². The van der Waals surface area contributed by atoms with Crippen LogP contribution in [-0.2, 0) is 13.6 Å². The van der Waals surface area contributed by atoms with Gasteiger partial charge in [0.05, 0.1) is 12.1 Å². The van der Waals surface area contributed by atoms with Crippen LogP contribution in [-0.4, -0.2) is 11.7 Å². The molecule has 4 nitrogen and oxygen atoms in total. The Kier molecular flexibility index (Phi) is 4.21. The van der Waals surface area contributed by atoms with Crippen LogP contribution in [0.2, 0.25) is 5.02 Å². The second-order valence-electron chi connectivity index (χ2n) is 4.51. The van der Waals surface area contributed by atoms with E-state index in [1.54, 1.807) is 7.11 Å². The normalized spacial score (nSPS) is 10.2. The van der Waals surface area contributed by atoms with E-state index in [0.717, 1.165) is 16.9 Å². The number of hydrogen-bond acceptors (Lipinski definition) is 3. The molecule has 1 heterocycles. The van der Waals surface area contributed by atoms with Gasteiger partial charge in [-0.25, -0.2) is 0 Å². The van der Waals surface area contributed by atoms with Gasteiger partial charge in [0.2, 0.25) is 0 Å². The smallest absolute Gasteiger partial charge is 0.137 e. The van der Waals surface area contributed by atoms with E-state index in [1.165, 1.54) is 0 Å². The molecule has 20 heavy (non-hydrogen) atoms. The number of halogens is 1. The minimum atomic E-state index is 0.569. The van der Waals surface area contributed by atoms with Crippen LogP contribution in [0, 0.1) is 18.3 Å². The van der Waals surface area contributed by atoms with Gasteiger partial charge in [-0.05, 0) is 36.8 Å². The SMILES string of the molecule is COc1ccc(NCc2cc(C#N)n(C)c2C)cc1Cl. The Hall–Kier alpha value is -2.12. The first-order chi connectivity index (χ1) is 9.56. The van der Waals surface area contributed by atoms with Crippen molar-refractivity contribution in [3.63, 3.8) is 0 Å². The van der Waals surface area contributed by atoms with E-state index in [1.807, 2.05) is 42.8 Å². The van der Waals surface area contributed by atoms with Crippen molar-refractivity contribution in [1.82, 2.24) is 4.57 Å². The standard InChI is InChI=1S/C15H16ClN3O/c1-10-11(6-13(8-17)19(10)2)9-18-12-4-5-15(20-3)14(16)7-12/h4-7,18H,9H2,1-3H3. The van der Waals surface area contributed by atoms with Crippen LogP contribution in [0.25, 0.3) is 0 Å². The van der Waals surface area contributed by atoms with Gasteiger partial charge in [-0.3, -0.25) is 0 Å². The van der Waals surface area contributed by atoms with E-state index >= 15 is 0 Å². The molecule has 0 aliphatic carbocycles. The summed E-state index contributed by atoms with van der Waals surface area (Å²) in [5.74, 6) is 0.653. The lowest BCUT2D eigenvalue weighted by Gasteiger charge is -2.09. The molecule has 0 atom stereocenters. The van der Waals surface area contributed by atoms with Gasteiger partial charge in [-0.15, -0.1) is 0 Å². The summed E-state index contributed by atoms with van der Waals surface area (Å²) in [4.78, 5) is 0. The maximum Gasteiger partial charge on any atom is 0.137 e. The van der Waals surface area contributed by atoms with E-state index in [9.17, 15) is 0 Å². The fourth-order valence-electron chi connectivity index (χ4n) is 2.02. The highest BCUT2D eigenvalue weighted by molar-refractivity contribution is 6.32. The quantitative estimate of drug-likeness (QED) is 0.937. The summed E-state index contributed by atoms with van der Waals surface area (Å²) in [6.45, 7) is 2.64. The molecule has 0 fully saturated rings. The first-order valence-corrected chi connectivity index (χ1v) is 6.57. The van der Waals surface area contributed by atoms with Crippen LogP contribution in [0.4, 0.5) is 5.69 Å². The van der Waals surface area contributed by atoms with Gasteiger partial charge in [0, 0.05) is 25.0 Å². The molecule has 0 spiro atoms. The largest absolute Gasteiger partial charge is 0.495 e. The molecule has 0 amide bonds. The zero-order valence-corrected chi connectivity index (χ0v) is 12.5. The first kappa shape index (κ1) is 14.3. The Morgan fingerprint density at radius 2 is 2.15 bits per heavy atom. The van der Waals surface area contributed by atoms with Gasteiger partial charge in [-0.2, -0.15) is 5.26 Å². The highest BCUT2D eigenvalue weighted by Gasteiger charge is 2.08. The topological polar surface area (TPSA) is 50.0 Å². The minimum absolute atomic E-state index is 0.569. The molecule has 1 N–H and O–H groups in total. The van der Waals surface area contributed by atoms with Crippen LogP contribution in [0.15, 0.2) is 24.3 Å². The van der Waals surface area contributed by atoms with Crippen molar-refractivity contribution in [2.45, 2.75) is 13.5 Å². The third-order valence-electron chi connectivity index (χ3n) is 3.39. The summed E-state index contributed by atoms with van der Waals surface area (Å²) in [5.41, 5.74) is 3.74. The van der Waals surface area contributed by atoms with Crippen molar-refractivity contribution in [3.8, 4) is 11.8 Å². The van der Waals surface area contributed by atoms with E-state index in [2.05, 4.69) is 11.4 Å². The number of benzene rings is 1. The minimum Gasteiger partial charge on any atom is -0.495 e. The van der Waals surface area contributed by atoms with E-state index in [4.69, 9.17) is 21.6 Å². The Morgan fingerprint density at radius 3 is 2.70 bits per heavy atom. The Labute approximate surface area is 123 Å². The third-order valence-corrected chi connectivity index (χ3v) is 3.68. The van der Waals surface area contributed by atoms with Crippen molar-refractivity contribution < 1.29 is 4.74 Å². The van der Waals surface area contributed by atoms with Gasteiger partial charge in [0.15, 0.2) is 0 Å². The number of nitrogens with one attached hydrogen (secondary N) is 1. The Bertz CT molecular complexity index is 670. The summed E-state index contributed by atoms with van der Waals surface area (Å²) in [5, 5.41) is 12.9. The molecular weight excluding hydrogens is 274 g/mol. The van der Waals surface area contributed by atoms with E-state index < -0.39 is 0 Å². The van der Waals surface area contributed by atoms with Crippen molar-refractivity contribution in [2.24, 2.45) is 7.05 Å². The second kappa shape index (κ2) is 5.89. The highest BCUT2D eigenvalue weighted by Crippen LogP contribution is 2.27. The number of nitriles is 1. The molecular formula is C15H16ClN3O. The molecule has 1 aromatic heterocycles. The molecule has 2 aromatic rings. The molecule has 0 saturated heterocycles. The zero-order chi connectivity index (χ0) is 14.7. The lowest BCUT2D eigenvalue weighted by Crippen LogP contribution is -2.01. The Balaban J connectivity index is 2.13. The van der Waals surface area contributed by atoms with Crippen LogP contribution in [0.5, 0.6) is 5.75 Å². The summed E-state index contributed by atoms with van der Waals surface area (Å²) in [6, 6.07) is 9.63. The maximum absolute atomic E-state index is 9.01. The summed E-state index contributed by atoms with van der Waals surface area (Å²) in [7, 11) is 3.48. The third kappa shape index (κ3) is 2.73. The Morgan fingerprint density at radius 1 is 1.40 bits per heavy atom. The number of ether oxygens (including phenoxy) is 1. The zero-order valence-electron chi connectivity index (χ0n) is 11.7. The summed E-state index contributed by atoms with van der Waals surface area (Å²) < 4.78 is 7.00. The number of hydrogen-bond donors (Lipinski definition) is 1. The van der Waals surface area contributed by atoms with E-state index in [0.29, 0.717) is 23.0 Å². The number of rotatable bonds is 4. The maximum atomic E-state index is 9.01. The number of aromatic nitrogens is 1. The van der Waals surface area contributed by atoms with E-state index in [-0.39, 0.29) is 0 Å². The fourth-order valence-corrected chi connectivity index (χ4v) is 2.28. The molecule has 2 rings (SSSR count). The highest BCUT2D eigenvalue weighted by atomic mass is 35.5. The van der Waals surface area contributed by atoms with Gasteiger partial charge in [-0.1, -0.05) is 11.6 Å². The molecule has 104 valence electrons. The molecule has 0 aliphatic rings. The van der Waals surface area contributed by atoms with Gasteiger partial charge in [0.25, 0.3) is 0 Å². The number of methoxy groups -OCH3 is 1. The number of anilines is 1. The van der Waals surface area contributed by atoms with Crippen molar-refractivity contribution >= 4 is 17.3 Å². The molecule has 0 radical (unpaired) electrons. The molecule has 0 aliphatic heterocycles. The first-order valence-electron chi connectivity index (χ1n) is 6.19. The lowest BCUT2D eigenvalue weighted by molar-refractivity contribution is 0.415. The van der Waals surface area contributed by atoms with Crippen molar-refractivity contribution in [2.75, 3.05) is 12.4 Å². The van der Waals surface area contributed by atoms with Gasteiger partial charge >= 0.3 is 0 Å². The van der Waals surface area contributed by atoms with Gasteiger partial charge < -0.3 is 14.6 Å². The fraction of sp³-hybridized carbons (Fsp3) is 0.267.